The zero-order valence-electron chi connectivity index (χ0n) is 15.7. The van der Waals surface area contributed by atoms with Crippen molar-refractivity contribution in [1.29, 1.82) is 0 Å². The molecule has 0 N–H and O–H groups in total. The van der Waals surface area contributed by atoms with Gasteiger partial charge in [-0.15, -0.1) is 0 Å². The van der Waals surface area contributed by atoms with E-state index in [4.69, 9.17) is 9.47 Å². The van der Waals surface area contributed by atoms with Crippen molar-refractivity contribution in [2.75, 3.05) is 12.1 Å². The largest absolute Gasteiger partial charge is 0.493 e. The number of hydrogen-bond donors (Lipinski definition) is 0. The van der Waals surface area contributed by atoms with Crippen LogP contribution < -0.4 is 14.5 Å². The lowest BCUT2D eigenvalue weighted by atomic mass is 10.1. The number of benzene rings is 2. The fourth-order valence-electron chi connectivity index (χ4n) is 2.69. The summed E-state index contributed by atoms with van der Waals surface area (Å²) < 4.78 is 11.4. The summed E-state index contributed by atoms with van der Waals surface area (Å²) in [6.45, 7) is 3.51. The lowest BCUT2D eigenvalue weighted by Gasteiger charge is -2.12. The number of esters is 1. The van der Waals surface area contributed by atoms with Crippen molar-refractivity contribution < 1.29 is 19.1 Å². The first-order valence-electron chi connectivity index (χ1n) is 8.69. The maximum Gasteiger partial charge on any atom is 0.311 e. The third kappa shape index (κ3) is 4.14. The highest BCUT2D eigenvalue weighted by Gasteiger charge is 2.28. The molecule has 28 heavy (non-hydrogen) atoms. The van der Waals surface area contributed by atoms with E-state index in [2.05, 4.69) is 21.0 Å². The Morgan fingerprint density at radius 3 is 2.68 bits per heavy atom. The highest BCUT2D eigenvalue weighted by molar-refractivity contribution is 9.10. The second-order valence-corrected chi connectivity index (χ2v) is 6.99. The van der Waals surface area contributed by atoms with Gasteiger partial charge in [-0.3, -0.25) is 9.59 Å². The monoisotopic (exact) mass is 442 g/mol. The zero-order valence-corrected chi connectivity index (χ0v) is 17.3. The van der Waals surface area contributed by atoms with Crippen molar-refractivity contribution in [2.45, 2.75) is 20.3 Å². The van der Waals surface area contributed by atoms with E-state index in [0.29, 0.717) is 28.5 Å². The van der Waals surface area contributed by atoms with Crippen LogP contribution in [0.15, 0.2) is 57.6 Å². The standard InChI is InChI=1S/C21H19BrN2O4/c1-4-20(25)28-18-9-8-14(11-19(18)27-3)10-17-13(2)23-24(21(17)26)16-7-5-6-15(22)12-16/h5-12H,4H2,1-3H3/b17-10-. The molecular formula is C21H19BrN2O4. The Bertz CT molecular complexity index is 998. The summed E-state index contributed by atoms with van der Waals surface area (Å²) in [5.41, 5.74) is 2.52. The highest BCUT2D eigenvalue weighted by Crippen LogP contribution is 2.31. The van der Waals surface area contributed by atoms with Gasteiger partial charge in [0.05, 0.1) is 24.1 Å². The molecule has 0 aromatic heterocycles. The maximum atomic E-state index is 12.9. The molecule has 0 saturated carbocycles. The van der Waals surface area contributed by atoms with Crippen molar-refractivity contribution >= 4 is 45.3 Å². The lowest BCUT2D eigenvalue weighted by Crippen LogP contribution is -2.21. The molecule has 6 nitrogen and oxygen atoms in total. The van der Waals surface area contributed by atoms with Crippen molar-refractivity contribution in [3.05, 3.63) is 58.1 Å². The lowest BCUT2D eigenvalue weighted by molar-refractivity contribution is -0.134. The van der Waals surface area contributed by atoms with E-state index in [0.717, 1.165) is 10.0 Å². The van der Waals surface area contributed by atoms with Gasteiger partial charge in [-0.1, -0.05) is 35.0 Å². The molecule has 0 saturated heterocycles. The van der Waals surface area contributed by atoms with E-state index in [1.54, 1.807) is 38.1 Å². The summed E-state index contributed by atoms with van der Waals surface area (Å²) in [4.78, 5) is 24.4. The molecule has 2 aromatic rings. The van der Waals surface area contributed by atoms with E-state index < -0.39 is 0 Å². The number of methoxy groups -OCH3 is 1. The highest BCUT2D eigenvalue weighted by atomic mass is 79.9. The predicted molar refractivity (Wildman–Crippen MR) is 112 cm³/mol. The van der Waals surface area contributed by atoms with Gasteiger partial charge in [0.25, 0.3) is 5.91 Å². The van der Waals surface area contributed by atoms with Gasteiger partial charge in [0, 0.05) is 10.9 Å². The molecule has 0 spiro atoms. The maximum absolute atomic E-state index is 12.9. The molecule has 0 aliphatic carbocycles. The summed E-state index contributed by atoms with van der Waals surface area (Å²) in [6, 6.07) is 12.5. The van der Waals surface area contributed by atoms with Gasteiger partial charge in [0.2, 0.25) is 0 Å². The van der Waals surface area contributed by atoms with Crippen LogP contribution in [0.25, 0.3) is 6.08 Å². The second kappa shape index (κ2) is 8.39. The minimum atomic E-state index is -0.344. The molecule has 1 heterocycles. The molecule has 0 unspecified atom stereocenters. The smallest absolute Gasteiger partial charge is 0.311 e. The van der Waals surface area contributed by atoms with Crippen LogP contribution in [0.1, 0.15) is 25.8 Å². The van der Waals surface area contributed by atoms with Crippen LogP contribution in [-0.2, 0) is 9.59 Å². The van der Waals surface area contributed by atoms with E-state index in [-0.39, 0.29) is 18.3 Å². The number of nitrogens with zero attached hydrogens (tertiary/aromatic N) is 2. The third-order valence-corrected chi connectivity index (χ3v) is 4.62. The van der Waals surface area contributed by atoms with Gasteiger partial charge < -0.3 is 9.47 Å². The van der Waals surface area contributed by atoms with Crippen molar-refractivity contribution in [3.8, 4) is 11.5 Å². The molecule has 1 aliphatic rings. The molecule has 7 heteroatoms. The second-order valence-electron chi connectivity index (χ2n) is 6.08. The Morgan fingerprint density at radius 1 is 1.21 bits per heavy atom. The minimum Gasteiger partial charge on any atom is -0.493 e. The van der Waals surface area contributed by atoms with E-state index in [1.807, 2.05) is 24.3 Å². The Kier molecular flexibility index (Phi) is 5.94. The molecule has 2 aromatic carbocycles. The van der Waals surface area contributed by atoms with Crippen LogP contribution >= 0.6 is 15.9 Å². The number of amides is 1. The molecule has 0 radical (unpaired) electrons. The predicted octanol–water partition coefficient (Wildman–Crippen LogP) is 4.58. The van der Waals surface area contributed by atoms with Crippen LogP contribution in [0, 0.1) is 0 Å². The molecule has 0 bridgehead atoms. The van der Waals surface area contributed by atoms with Gasteiger partial charge >= 0.3 is 5.97 Å². The molecule has 144 valence electrons. The summed E-state index contributed by atoms with van der Waals surface area (Å²) in [5.74, 6) is 0.203. The van der Waals surface area contributed by atoms with Crippen LogP contribution in [0.2, 0.25) is 0 Å². The summed E-state index contributed by atoms with van der Waals surface area (Å²) in [6.07, 6.45) is 2.01. The van der Waals surface area contributed by atoms with Gasteiger partial charge in [-0.25, -0.2) is 0 Å². The van der Waals surface area contributed by atoms with Gasteiger partial charge in [0.1, 0.15) is 0 Å². The number of rotatable bonds is 5. The number of halogens is 1. The SMILES string of the molecule is CCC(=O)Oc1ccc(/C=C2\C(=O)N(c3cccc(Br)c3)N=C2C)cc1OC. The van der Waals surface area contributed by atoms with Crippen molar-refractivity contribution in [3.63, 3.8) is 0 Å². The fraction of sp³-hybridized carbons (Fsp3) is 0.190. The fourth-order valence-corrected chi connectivity index (χ4v) is 3.07. The number of hydrazone groups is 1. The summed E-state index contributed by atoms with van der Waals surface area (Å²) >= 11 is 3.41. The number of carbonyl (C=O) groups is 2. The topological polar surface area (TPSA) is 68.2 Å². The number of anilines is 1. The average molecular weight is 443 g/mol. The number of ether oxygens (including phenoxy) is 2. The first kappa shape index (κ1) is 19.8. The molecule has 0 fully saturated rings. The van der Waals surface area contributed by atoms with Gasteiger partial charge in [-0.05, 0) is 48.9 Å². The normalized spacial score (nSPS) is 15.0. The molecular weight excluding hydrogens is 424 g/mol. The quantitative estimate of drug-likeness (QED) is 0.386. The van der Waals surface area contributed by atoms with Gasteiger partial charge in [0.15, 0.2) is 11.5 Å². The minimum absolute atomic E-state index is 0.212. The molecule has 1 aliphatic heterocycles. The van der Waals surface area contributed by atoms with E-state index >= 15 is 0 Å². The first-order valence-corrected chi connectivity index (χ1v) is 9.48. The molecule has 3 rings (SSSR count). The Morgan fingerprint density at radius 2 is 2.00 bits per heavy atom. The first-order chi connectivity index (χ1) is 13.4. The Balaban J connectivity index is 1.90. The number of hydrogen-bond acceptors (Lipinski definition) is 5. The summed E-state index contributed by atoms with van der Waals surface area (Å²) in [5, 5.41) is 5.76. The molecule has 0 atom stereocenters. The van der Waals surface area contributed by atoms with Crippen molar-refractivity contribution in [2.24, 2.45) is 5.10 Å². The zero-order chi connectivity index (χ0) is 20.3. The summed E-state index contributed by atoms with van der Waals surface area (Å²) in [7, 11) is 1.50. The van der Waals surface area contributed by atoms with E-state index in [1.165, 1.54) is 12.1 Å². The van der Waals surface area contributed by atoms with Gasteiger partial charge in [-0.2, -0.15) is 10.1 Å². The van der Waals surface area contributed by atoms with Crippen LogP contribution in [-0.4, -0.2) is 24.7 Å². The average Bonchev–Trinajstić information content (AvgIpc) is 2.97. The third-order valence-electron chi connectivity index (χ3n) is 4.13. The Labute approximate surface area is 171 Å². The van der Waals surface area contributed by atoms with Crippen molar-refractivity contribution in [1.82, 2.24) is 0 Å². The van der Waals surface area contributed by atoms with Crippen LogP contribution in [0.3, 0.4) is 0 Å². The van der Waals surface area contributed by atoms with Crippen LogP contribution in [0.4, 0.5) is 5.69 Å². The molecule has 1 amide bonds. The number of carbonyl (C=O) groups excluding carboxylic acids is 2. The Hall–Kier alpha value is -2.93. The van der Waals surface area contributed by atoms with E-state index in [9.17, 15) is 9.59 Å². The van der Waals surface area contributed by atoms with Crippen LogP contribution in [0.5, 0.6) is 11.5 Å².